The van der Waals surface area contributed by atoms with Crippen LogP contribution >= 0.6 is 0 Å². The lowest BCUT2D eigenvalue weighted by atomic mass is 9.93. The standard InChI is InChI=1S/C24H39N3O3/c1-6-30-24(29)27-13-11-21(12-14-27)26-22(28)16-25-23(18(4)5)20-9-7-19(8-10-20)15-17(2)3/h7-10,17-18,21,23,25H,6,11-16H2,1-5H3,(H,26,28)/p+1/t23-/m0/s1. The molecule has 6 heteroatoms. The summed E-state index contributed by atoms with van der Waals surface area (Å²) in [6.45, 7) is 12.7. The molecule has 2 rings (SSSR count). The van der Waals surface area contributed by atoms with Gasteiger partial charge in [0.1, 0.15) is 6.04 Å². The smallest absolute Gasteiger partial charge is 0.409 e. The molecule has 168 valence electrons. The SMILES string of the molecule is CCOC(=O)N1CCC(NC(=O)C[NH2+][C@H](c2ccc(CC(C)C)cc2)C(C)C)CC1. The number of carbonyl (C=O) groups is 2. The highest BCUT2D eigenvalue weighted by atomic mass is 16.6. The maximum Gasteiger partial charge on any atom is 0.409 e. The summed E-state index contributed by atoms with van der Waals surface area (Å²) in [5.41, 5.74) is 2.64. The largest absolute Gasteiger partial charge is 0.450 e. The molecule has 0 aromatic heterocycles. The summed E-state index contributed by atoms with van der Waals surface area (Å²) in [4.78, 5) is 26.0. The van der Waals surface area contributed by atoms with E-state index in [0.717, 1.165) is 19.3 Å². The number of ether oxygens (including phenoxy) is 1. The third kappa shape index (κ3) is 7.63. The van der Waals surface area contributed by atoms with Crippen LogP contribution < -0.4 is 10.6 Å². The first kappa shape index (κ1) is 24.2. The molecule has 1 aliphatic heterocycles. The third-order valence-corrected chi connectivity index (χ3v) is 5.67. The van der Waals surface area contributed by atoms with Gasteiger partial charge in [-0.05, 0) is 37.7 Å². The van der Waals surface area contributed by atoms with E-state index in [4.69, 9.17) is 4.74 Å². The molecule has 1 aromatic rings. The number of nitrogens with two attached hydrogens (primary N) is 1. The van der Waals surface area contributed by atoms with Crippen LogP contribution in [0.2, 0.25) is 0 Å². The second kappa shape index (κ2) is 11.9. The minimum Gasteiger partial charge on any atom is -0.450 e. The van der Waals surface area contributed by atoms with Crippen LogP contribution in [0, 0.1) is 11.8 Å². The molecule has 1 aromatic carbocycles. The summed E-state index contributed by atoms with van der Waals surface area (Å²) in [6, 6.07) is 9.24. The molecule has 1 fully saturated rings. The lowest BCUT2D eigenvalue weighted by Gasteiger charge is -2.31. The fourth-order valence-corrected chi connectivity index (χ4v) is 4.08. The van der Waals surface area contributed by atoms with Gasteiger partial charge in [-0.25, -0.2) is 4.79 Å². The summed E-state index contributed by atoms with van der Waals surface area (Å²) in [5.74, 6) is 1.14. The average molecular weight is 419 g/mol. The Morgan fingerprint density at radius 1 is 1.13 bits per heavy atom. The fourth-order valence-electron chi connectivity index (χ4n) is 4.08. The molecule has 0 unspecified atom stereocenters. The van der Waals surface area contributed by atoms with Gasteiger partial charge in [-0.1, -0.05) is 52.0 Å². The monoisotopic (exact) mass is 418 g/mol. The normalized spacial score (nSPS) is 16.0. The van der Waals surface area contributed by atoms with E-state index in [2.05, 4.69) is 62.6 Å². The predicted molar refractivity (Wildman–Crippen MR) is 119 cm³/mol. The number of rotatable bonds is 9. The van der Waals surface area contributed by atoms with Gasteiger partial charge in [0.15, 0.2) is 6.54 Å². The van der Waals surface area contributed by atoms with Crippen LogP contribution in [0.15, 0.2) is 24.3 Å². The first-order valence-corrected chi connectivity index (χ1v) is 11.4. The Kier molecular flexibility index (Phi) is 9.63. The highest BCUT2D eigenvalue weighted by molar-refractivity contribution is 5.77. The van der Waals surface area contributed by atoms with Crippen molar-refractivity contribution in [3.63, 3.8) is 0 Å². The zero-order valence-corrected chi connectivity index (χ0v) is 19.3. The third-order valence-electron chi connectivity index (χ3n) is 5.67. The maximum absolute atomic E-state index is 12.5. The van der Waals surface area contributed by atoms with Gasteiger partial charge >= 0.3 is 6.09 Å². The van der Waals surface area contributed by atoms with Gasteiger partial charge in [-0.2, -0.15) is 0 Å². The summed E-state index contributed by atoms with van der Waals surface area (Å²) < 4.78 is 5.05. The van der Waals surface area contributed by atoms with Crippen molar-refractivity contribution in [2.75, 3.05) is 26.2 Å². The molecule has 3 N–H and O–H groups in total. The molecular weight excluding hydrogens is 378 g/mol. The zero-order valence-electron chi connectivity index (χ0n) is 19.3. The molecule has 1 saturated heterocycles. The van der Waals surface area contributed by atoms with E-state index in [0.29, 0.717) is 38.1 Å². The number of likely N-dealkylation sites (tertiary alicyclic amines) is 1. The van der Waals surface area contributed by atoms with E-state index in [9.17, 15) is 9.59 Å². The summed E-state index contributed by atoms with van der Waals surface area (Å²) >= 11 is 0. The van der Waals surface area contributed by atoms with Crippen LogP contribution in [0.3, 0.4) is 0 Å². The van der Waals surface area contributed by atoms with Crippen LogP contribution in [0.5, 0.6) is 0 Å². The van der Waals surface area contributed by atoms with Crippen LogP contribution in [-0.2, 0) is 16.0 Å². The van der Waals surface area contributed by atoms with Crippen molar-refractivity contribution in [3.8, 4) is 0 Å². The summed E-state index contributed by atoms with van der Waals surface area (Å²) in [5, 5.41) is 5.28. The van der Waals surface area contributed by atoms with Crippen LogP contribution in [0.25, 0.3) is 0 Å². The van der Waals surface area contributed by atoms with Crippen LogP contribution in [0.4, 0.5) is 4.79 Å². The number of nitrogens with one attached hydrogen (secondary N) is 1. The Bertz CT molecular complexity index is 665. The van der Waals surface area contributed by atoms with Crippen molar-refractivity contribution in [2.24, 2.45) is 11.8 Å². The van der Waals surface area contributed by atoms with E-state index in [1.54, 1.807) is 4.90 Å². The number of piperidine rings is 1. The van der Waals surface area contributed by atoms with Crippen molar-refractivity contribution in [2.45, 2.75) is 66.0 Å². The number of quaternary nitrogens is 1. The number of nitrogens with zero attached hydrogens (tertiary/aromatic N) is 1. The first-order chi connectivity index (χ1) is 14.3. The van der Waals surface area contributed by atoms with E-state index in [-0.39, 0.29) is 24.1 Å². The Hall–Kier alpha value is -2.08. The zero-order chi connectivity index (χ0) is 22.1. The number of hydrogen-bond acceptors (Lipinski definition) is 3. The maximum atomic E-state index is 12.5. The van der Waals surface area contributed by atoms with Gasteiger partial charge in [0.25, 0.3) is 5.91 Å². The summed E-state index contributed by atoms with van der Waals surface area (Å²) in [7, 11) is 0. The number of hydrogen-bond donors (Lipinski definition) is 2. The lowest BCUT2D eigenvalue weighted by molar-refractivity contribution is -0.692. The highest BCUT2D eigenvalue weighted by Crippen LogP contribution is 2.19. The Balaban J connectivity index is 1.81. The van der Waals surface area contributed by atoms with E-state index in [1.807, 2.05) is 6.92 Å². The molecule has 6 nitrogen and oxygen atoms in total. The average Bonchev–Trinajstić information content (AvgIpc) is 2.69. The van der Waals surface area contributed by atoms with Crippen molar-refractivity contribution < 1.29 is 19.6 Å². The van der Waals surface area contributed by atoms with Gasteiger partial charge in [0, 0.05) is 30.6 Å². The molecule has 0 saturated carbocycles. The van der Waals surface area contributed by atoms with Gasteiger partial charge in [-0.3, -0.25) is 4.79 Å². The molecule has 0 aliphatic carbocycles. The molecule has 0 bridgehead atoms. The molecule has 0 spiro atoms. The van der Waals surface area contributed by atoms with Crippen molar-refractivity contribution in [1.29, 1.82) is 0 Å². The quantitative estimate of drug-likeness (QED) is 0.647. The van der Waals surface area contributed by atoms with E-state index in [1.165, 1.54) is 11.1 Å². The molecule has 1 atom stereocenters. The van der Waals surface area contributed by atoms with E-state index >= 15 is 0 Å². The lowest BCUT2D eigenvalue weighted by Crippen LogP contribution is -2.88. The molecule has 1 aliphatic rings. The molecule has 30 heavy (non-hydrogen) atoms. The fraction of sp³-hybridized carbons (Fsp3) is 0.667. The van der Waals surface area contributed by atoms with Crippen LogP contribution in [0.1, 0.15) is 64.6 Å². The van der Waals surface area contributed by atoms with E-state index < -0.39 is 0 Å². The van der Waals surface area contributed by atoms with Gasteiger partial charge < -0.3 is 20.3 Å². The number of amides is 2. The second-order valence-corrected chi connectivity index (χ2v) is 9.08. The molecule has 1 heterocycles. The van der Waals surface area contributed by atoms with Gasteiger partial charge in [0.2, 0.25) is 0 Å². The molecule has 0 radical (unpaired) electrons. The Labute approximate surface area is 181 Å². The molecule has 2 amide bonds. The minimum atomic E-state index is -0.255. The van der Waals surface area contributed by atoms with Gasteiger partial charge in [-0.15, -0.1) is 0 Å². The number of carbonyl (C=O) groups excluding carboxylic acids is 2. The van der Waals surface area contributed by atoms with Crippen LogP contribution in [-0.4, -0.2) is 49.2 Å². The van der Waals surface area contributed by atoms with Crippen molar-refractivity contribution in [1.82, 2.24) is 10.2 Å². The minimum absolute atomic E-state index is 0.0617. The predicted octanol–water partition coefficient (Wildman–Crippen LogP) is 2.88. The van der Waals surface area contributed by atoms with Crippen molar-refractivity contribution in [3.05, 3.63) is 35.4 Å². The first-order valence-electron chi connectivity index (χ1n) is 11.4. The topological polar surface area (TPSA) is 75.2 Å². The number of benzene rings is 1. The summed E-state index contributed by atoms with van der Waals surface area (Å²) in [6.07, 6.45) is 2.38. The Morgan fingerprint density at radius 3 is 2.30 bits per heavy atom. The van der Waals surface area contributed by atoms with Crippen molar-refractivity contribution >= 4 is 12.0 Å². The molecular formula is C24H40N3O3+. The Morgan fingerprint density at radius 2 is 1.77 bits per heavy atom. The highest BCUT2D eigenvalue weighted by Gasteiger charge is 2.26. The van der Waals surface area contributed by atoms with Gasteiger partial charge in [0.05, 0.1) is 6.61 Å². The second-order valence-electron chi connectivity index (χ2n) is 9.08.